The Bertz CT molecular complexity index is 1990. The number of nitrogens with zero attached hydrogens (tertiary/aromatic N) is 4. The maximum atomic E-state index is 13.9. The molecule has 2 aliphatic rings. The number of hydrogen-bond acceptors (Lipinski definition) is 7. The van der Waals surface area contributed by atoms with Crippen LogP contribution in [0.15, 0.2) is 54.7 Å². The molecule has 2 aliphatic heterocycles. The van der Waals surface area contributed by atoms with E-state index in [-0.39, 0.29) is 35.1 Å². The molecule has 0 saturated carbocycles. The molecule has 0 unspecified atom stereocenters. The number of halogens is 5. The standard InChI is InChI=1S/C36H33F5N4O5/c1-18-8-22(12-25(9-18)36(39,40)41)31-21(4)45(34(48)50-31)15-28-26(6-7-29(43-28)44-16-35(37,38)17-44)27-13-24(14-42-32(27)49-5)30-19(2)10-23(33(46)47)11-20(30)3/h6-14,21,31H,15-17H2,1-5H3,(H,46,47)/t21-,31-/m0/s1. The van der Waals surface area contributed by atoms with Gasteiger partial charge in [0.15, 0.2) is 0 Å². The van der Waals surface area contributed by atoms with Gasteiger partial charge >= 0.3 is 18.2 Å². The maximum Gasteiger partial charge on any atom is 0.416 e. The first-order valence-corrected chi connectivity index (χ1v) is 15.6. The molecule has 2 aromatic carbocycles. The number of aryl methyl sites for hydroxylation is 3. The van der Waals surface area contributed by atoms with E-state index in [1.165, 1.54) is 29.9 Å². The zero-order chi connectivity index (χ0) is 36.3. The molecule has 0 radical (unpaired) electrons. The average Bonchev–Trinajstić information content (AvgIpc) is 3.31. The van der Waals surface area contributed by atoms with Crippen LogP contribution in [0, 0.1) is 20.8 Å². The summed E-state index contributed by atoms with van der Waals surface area (Å²) in [6, 6.07) is 10.9. The third kappa shape index (κ3) is 6.53. The number of anilines is 1. The van der Waals surface area contributed by atoms with E-state index in [2.05, 4.69) is 4.98 Å². The van der Waals surface area contributed by atoms with Crippen LogP contribution in [-0.4, -0.2) is 64.2 Å². The minimum Gasteiger partial charge on any atom is -0.481 e. The fraction of sp³-hybridized carbons (Fsp3) is 0.333. The van der Waals surface area contributed by atoms with Crippen molar-refractivity contribution in [1.29, 1.82) is 0 Å². The Labute approximate surface area is 284 Å². The lowest BCUT2D eigenvalue weighted by Gasteiger charge is -2.39. The molecule has 0 aliphatic carbocycles. The van der Waals surface area contributed by atoms with Gasteiger partial charge in [0.2, 0.25) is 5.88 Å². The van der Waals surface area contributed by atoms with Gasteiger partial charge < -0.3 is 19.5 Å². The van der Waals surface area contributed by atoms with E-state index in [1.807, 2.05) is 0 Å². The fourth-order valence-electron chi connectivity index (χ4n) is 6.65. The van der Waals surface area contributed by atoms with Crippen molar-refractivity contribution in [1.82, 2.24) is 14.9 Å². The van der Waals surface area contributed by atoms with Crippen molar-refractivity contribution in [3.63, 3.8) is 0 Å². The number of methoxy groups -OCH3 is 1. The van der Waals surface area contributed by atoms with Crippen molar-refractivity contribution < 1.29 is 46.1 Å². The summed E-state index contributed by atoms with van der Waals surface area (Å²) in [5, 5.41) is 9.53. The SMILES string of the molecule is COc1ncc(-c2c(C)cc(C(=O)O)cc2C)cc1-c1ccc(N2CC(F)(F)C2)nc1CN1C(=O)O[C@H](c2cc(C)cc(C(F)(F)F)c2)[C@@H]1C. The second kappa shape index (κ2) is 12.6. The van der Waals surface area contributed by atoms with Crippen molar-refractivity contribution in [3.05, 3.63) is 93.8 Å². The van der Waals surface area contributed by atoms with Gasteiger partial charge in [0.25, 0.3) is 5.92 Å². The summed E-state index contributed by atoms with van der Waals surface area (Å²) in [7, 11) is 1.43. The molecule has 2 fully saturated rings. The van der Waals surface area contributed by atoms with Crippen LogP contribution in [0.4, 0.5) is 32.6 Å². The van der Waals surface area contributed by atoms with Crippen LogP contribution >= 0.6 is 0 Å². The Hall–Kier alpha value is -5.27. The third-order valence-corrected chi connectivity index (χ3v) is 9.00. The Morgan fingerprint density at radius 2 is 1.72 bits per heavy atom. The van der Waals surface area contributed by atoms with Crippen molar-refractivity contribution in [2.75, 3.05) is 25.1 Å². The highest BCUT2D eigenvalue weighted by atomic mass is 19.4. The molecule has 2 saturated heterocycles. The lowest BCUT2D eigenvalue weighted by atomic mass is 9.92. The van der Waals surface area contributed by atoms with Gasteiger partial charge in [-0.2, -0.15) is 13.2 Å². The molecule has 50 heavy (non-hydrogen) atoms. The van der Waals surface area contributed by atoms with Gasteiger partial charge in [-0.25, -0.2) is 28.3 Å². The first-order chi connectivity index (χ1) is 23.5. The van der Waals surface area contributed by atoms with Gasteiger partial charge in [0.05, 0.1) is 49.6 Å². The van der Waals surface area contributed by atoms with E-state index in [4.69, 9.17) is 14.5 Å². The molecule has 4 aromatic rings. The second-order valence-electron chi connectivity index (χ2n) is 12.7. The summed E-state index contributed by atoms with van der Waals surface area (Å²) in [4.78, 5) is 36.9. The molecule has 4 heterocycles. The van der Waals surface area contributed by atoms with E-state index in [9.17, 15) is 36.6 Å². The van der Waals surface area contributed by atoms with Gasteiger partial charge in [-0.15, -0.1) is 0 Å². The predicted octanol–water partition coefficient (Wildman–Crippen LogP) is 8.00. The van der Waals surface area contributed by atoms with Gasteiger partial charge in [-0.05, 0) is 92.4 Å². The number of rotatable bonds is 8. The molecule has 0 bridgehead atoms. The van der Waals surface area contributed by atoms with E-state index < -0.39 is 55.0 Å². The number of hydrogen-bond donors (Lipinski definition) is 1. The molecule has 1 amide bonds. The molecule has 0 spiro atoms. The number of alkyl halides is 5. The number of benzene rings is 2. The maximum absolute atomic E-state index is 13.9. The van der Waals surface area contributed by atoms with Crippen LogP contribution in [0.1, 0.15) is 56.9 Å². The van der Waals surface area contributed by atoms with Crippen molar-refractivity contribution >= 4 is 17.9 Å². The van der Waals surface area contributed by atoms with Crippen LogP contribution in [0.3, 0.4) is 0 Å². The van der Waals surface area contributed by atoms with E-state index >= 15 is 0 Å². The van der Waals surface area contributed by atoms with E-state index in [0.29, 0.717) is 33.4 Å². The summed E-state index contributed by atoms with van der Waals surface area (Å²) in [5.41, 5.74) is 3.78. The zero-order valence-electron chi connectivity index (χ0n) is 27.7. The highest BCUT2D eigenvalue weighted by molar-refractivity contribution is 5.90. The second-order valence-corrected chi connectivity index (χ2v) is 12.7. The van der Waals surface area contributed by atoms with E-state index in [1.54, 1.807) is 57.3 Å². The van der Waals surface area contributed by atoms with Gasteiger partial charge in [0, 0.05) is 22.9 Å². The molecular weight excluding hydrogens is 663 g/mol. The minimum atomic E-state index is -4.60. The number of carboxylic acids is 1. The van der Waals surface area contributed by atoms with Crippen molar-refractivity contribution in [3.8, 4) is 28.1 Å². The Balaban J connectivity index is 1.42. The summed E-state index contributed by atoms with van der Waals surface area (Å²) in [6.07, 6.45) is -4.82. The summed E-state index contributed by atoms with van der Waals surface area (Å²) >= 11 is 0. The number of amides is 1. The van der Waals surface area contributed by atoms with Crippen LogP contribution in [-0.2, 0) is 17.5 Å². The molecule has 9 nitrogen and oxygen atoms in total. The molecular formula is C36H33F5N4O5. The largest absolute Gasteiger partial charge is 0.481 e. The Morgan fingerprint density at radius 1 is 1.04 bits per heavy atom. The number of carboxylic acid groups (broad SMARTS) is 1. The topological polar surface area (TPSA) is 105 Å². The Morgan fingerprint density at radius 3 is 2.32 bits per heavy atom. The minimum absolute atomic E-state index is 0.134. The quantitative estimate of drug-likeness (QED) is 0.185. The first kappa shape index (κ1) is 34.6. The monoisotopic (exact) mass is 696 g/mol. The van der Waals surface area contributed by atoms with Gasteiger partial charge in [-0.1, -0.05) is 11.6 Å². The van der Waals surface area contributed by atoms with Crippen LogP contribution in [0.2, 0.25) is 0 Å². The normalized spacial score (nSPS) is 18.6. The number of aromatic carboxylic acids is 1. The summed E-state index contributed by atoms with van der Waals surface area (Å²) < 4.78 is 79.9. The molecule has 14 heteroatoms. The predicted molar refractivity (Wildman–Crippen MR) is 173 cm³/mol. The number of carbonyl (C=O) groups excluding carboxylic acids is 1. The third-order valence-electron chi connectivity index (χ3n) is 9.00. The number of aromatic nitrogens is 2. The first-order valence-electron chi connectivity index (χ1n) is 15.6. The highest BCUT2D eigenvalue weighted by Gasteiger charge is 2.45. The summed E-state index contributed by atoms with van der Waals surface area (Å²) in [5.74, 6) is -3.49. The molecule has 2 aromatic heterocycles. The van der Waals surface area contributed by atoms with Crippen molar-refractivity contribution in [2.24, 2.45) is 0 Å². The number of pyridine rings is 2. The number of cyclic esters (lactones) is 1. The number of carbonyl (C=O) groups is 2. The van der Waals surface area contributed by atoms with Gasteiger partial charge in [-0.3, -0.25) is 4.90 Å². The lowest BCUT2D eigenvalue weighted by molar-refractivity contribution is -0.137. The van der Waals surface area contributed by atoms with E-state index in [0.717, 1.165) is 17.7 Å². The smallest absolute Gasteiger partial charge is 0.416 e. The number of ether oxygens (including phenoxy) is 2. The van der Waals surface area contributed by atoms with Crippen LogP contribution < -0.4 is 9.64 Å². The van der Waals surface area contributed by atoms with Gasteiger partial charge in [0.1, 0.15) is 11.9 Å². The molecule has 1 N–H and O–H groups in total. The van der Waals surface area contributed by atoms with Crippen LogP contribution in [0.25, 0.3) is 22.3 Å². The fourth-order valence-corrected chi connectivity index (χ4v) is 6.65. The Kier molecular flexibility index (Phi) is 8.69. The summed E-state index contributed by atoms with van der Waals surface area (Å²) in [6.45, 7) is 5.49. The molecule has 2 atom stereocenters. The lowest BCUT2D eigenvalue weighted by Crippen LogP contribution is -2.56. The van der Waals surface area contributed by atoms with Crippen LogP contribution in [0.5, 0.6) is 5.88 Å². The zero-order valence-corrected chi connectivity index (χ0v) is 27.7. The van der Waals surface area contributed by atoms with Crippen molar-refractivity contribution in [2.45, 2.75) is 58.5 Å². The average molecular weight is 697 g/mol. The molecule has 6 rings (SSSR count). The highest BCUT2D eigenvalue weighted by Crippen LogP contribution is 2.41. The molecule has 262 valence electrons.